The van der Waals surface area contributed by atoms with Gasteiger partial charge in [0, 0.05) is 6.08 Å². The molecule has 114 valence electrons. The summed E-state index contributed by atoms with van der Waals surface area (Å²) in [5.41, 5.74) is 0.810. The van der Waals surface area contributed by atoms with E-state index in [1.807, 2.05) is 18.2 Å². The van der Waals surface area contributed by atoms with Crippen molar-refractivity contribution in [3.8, 4) is 0 Å². The maximum absolute atomic E-state index is 11.7. The number of β-lactam (4-membered cyclic amide) rings is 1. The van der Waals surface area contributed by atoms with Gasteiger partial charge in [-0.3, -0.25) is 4.79 Å². The summed E-state index contributed by atoms with van der Waals surface area (Å²) < 4.78 is 15.4. The maximum Gasteiger partial charge on any atom is 0.515 e. The minimum absolute atomic E-state index is 0.0519. The predicted molar refractivity (Wildman–Crippen MR) is 72.8 cm³/mol. The van der Waals surface area contributed by atoms with Crippen LogP contribution in [0, 0.1) is 0 Å². The van der Waals surface area contributed by atoms with E-state index in [1.54, 1.807) is 12.1 Å². The van der Waals surface area contributed by atoms with Crippen molar-refractivity contribution in [2.75, 3.05) is 0 Å². The highest BCUT2D eigenvalue weighted by Gasteiger charge is 2.49. The number of carbonyl (C=O) groups excluding carboxylic acids is 2. The highest BCUT2D eigenvalue weighted by Crippen LogP contribution is 2.37. The number of aliphatic hydroxyl groups is 1. The zero-order valence-corrected chi connectivity index (χ0v) is 11.5. The molecule has 1 N–H and O–H groups in total. The lowest BCUT2D eigenvalue weighted by Crippen LogP contribution is -2.49. The molecule has 2 heterocycles. The molecule has 22 heavy (non-hydrogen) atoms. The van der Waals surface area contributed by atoms with Gasteiger partial charge in [-0.25, -0.2) is 9.69 Å². The lowest BCUT2D eigenvalue weighted by atomic mass is 10.2. The fraction of sp³-hybridized carbons (Fsp3) is 0.200. The molecule has 1 aromatic rings. The van der Waals surface area contributed by atoms with Crippen molar-refractivity contribution in [2.24, 2.45) is 0 Å². The predicted octanol–water partition coefficient (Wildman–Crippen LogP) is 2.17. The van der Waals surface area contributed by atoms with E-state index in [9.17, 15) is 9.59 Å². The van der Waals surface area contributed by atoms with Crippen LogP contribution in [0.4, 0.5) is 4.79 Å². The average molecular weight is 303 g/mol. The first kappa shape index (κ1) is 14.0. The van der Waals surface area contributed by atoms with Gasteiger partial charge in [-0.15, -0.1) is 0 Å². The van der Waals surface area contributed by atoms with Crippen molar-refractivity contribution in [1.29, 1.82) is 0 Å². The summed E-state index contributed by atoms with van der Waals surface area (Å²) in [4.78, 5) is 24.5. The second-order valence-electron chi connectivity index (χ2n) is 4.65. The Morgan fingerprint density at radius 1 is 1.41 bits per heavy atom. The molecule has 2 aliphatic heterocycles. The fourth-order valence-corrected chi connectivity index (χ4v) is 2.14. The minimum Gasteiger partial charge on any atom is -0.515 e. The van der Waals surface area contributed by atoms with Gasteiger partial charge in [0.1, 0.15) is 6.61 Å². The molecule has 0 aromatic heterocycles. The Morgan fingerprint density at radius 2 is 2.18 bits per heavy atom. The van der Waals surface area contributed by atoms with E-state index in [1.165, 1.54) is 11.0 Å². The number of amides is 1. The van der Waals surface area contributed by atoms with Gasteiger partial charge in [-0.05, 0) is 5.56 Å². The Kier molecular flexibility index (Phi) is 3.69. The Bertz CT molecular complexity index is 651. The van der Waals surface area contributed by atoms with Gasteiger partial charge >= 0.3 is 6.16 Å². The molecule has 1 atom stereocenters. The number of rotatable bonds is 4. The number of carbonyl (C=O) groups is 2. The molecule has 1 amide bonds. The molecule has 0 spiro atoms. The molecule has 2 aliphatic rings. The zero-order chi connectivity index (χ0) is 15.5. The Balaban J connectivity index is 1.64. The van der Waals surface area contributed by atoms with E-state index >= 15 is 0 Å². The van der Waals surface area contributed by atoms with E-state index in [0.717, 1.165) is 11.8 Å². The number of nitrogens with zero attached hydrogens (tertiary/aromatic N) is 1. The Hall–Kier alpha value is -2.96. The number of fused-ring (bicyclic) bond motifs is 1. The van der Waals surface area contributed by atoms with Gasteiger partial charge in [-0.2, -0.15) is 0 Å². The number of hydrogen-bond acceptors (Lipinski definition) is 6. The minimum atomic E-state index is -0.952. The molecule has 0 radical (unpaired) electrons. The Morgan fingerprint density at radius 3 is 2.86 bits per heavy atom. The van der Waals surface area contributed by atoms with Crippen molar-refractivity contribution >= 4 is 12.1 Å². The monoisotopic (exact) mass is 303 g/mol. The third-order valence-corrected chi connectivity index (χ3v) is 3.20. The third kappa shape index (κ3) is 2.60. The number of benzene rings is 1. The van der Waals surface area contributed by atoms with Gasteiger partial charge < -0.3 is 19.3 Å². The molecule has 0 bridgehead atoms. The van der Waals surface area contributed by atoms with Gasteiger partial charge in [0.05, 0.1) is 12.7 Å². The third-order valence-electron chi connectivity index (χ3n) is 3.20. The molecular weight excluding hydrogens is 290 g/mol. The van der Waals surface area contributed by atoms with Crippen LogP contribution in [0.1, 0.15) is 12.0 Å². The lowest BCUT2D eigenvalue weighted by molar-refractivity contribution is -0.157. The summed E-state index contributed by atoms with van der Waals surface area (Å²) in [6, 6.07) is 9.11. The number of hydrogen-bond donors (Lipinski definition) is 1. The molecule has 0 aliphatic carbocycles. The molecule has 0 saturated carbocycles. The van der Waals surface area contributed by atoms with Crippen LogP contribution in [0.2, 0.25) is 0 Å². The first-order valence-corrected chi connectivity index (χ1v) is 6.61. The van der Waals surface area contributed by atoms with Gasteiger partial charge in [-0.1, -0.05) is 30.3 Å². The van der Waals surface area contributed by atoms with Crippen molar-refractivity contribution in [3.63, 3.8) is 0 Å². The first-order chi connectivity index (χ1) is 10.7. The summed E-state index contributed by atoms with van der Waals surface area (Å²) in [6.07, 6.45) is 0.701. The molecule has 3 rings (SSSR count). The quantitative estimate of drug-likeness (QED) is 0.521. The largest absolute Gasteiger partial charge is 0.515 e. The highest BCUT2D eigenvalue weighted by atomic mass is 16.7. The molecular formula is C15H13NO6. The van der Waals surface area contributed by atoms with Crippen molar-refractivity contribution < 1.29 is 28.9 Å². The second kappa shape index (κ2) is 5.80. The van der Waals surface area contributed by atoms with Crippen molar-refractivity contribution in [1.82, 2.24) is 4.90 Å². The zero-order valence-electron chi connectivity index (χ0n) is 11.5. The fourth-order valence-electron chi connectivity index (χ4n) is 2.14. The van der Waals surface area contributed by atoms with Crippen LogP contribution in [0.5, 0.6) is 0 Å². The highest BCUT2D eigenvalue weighted by molar-refractivity contribution is 5.85. The molecule has 1 saturated heterocycles. The number of allylic oxidation sites excluding steroid dienone is 1. The topological polar surface area (TPSA) is 85.3 Å². The summed E-state index contributed by atoms with van der Waals surface area (Å²) in [6.45, 7) is 0.0519. The SMILES string of the molecule is O=C(OCc1ccccc1)OC1=C(C=CO)O[C@@H]2CC(=O)N12. The van der Waals surface area contributed by atoms with Crippen molar-refractivity contribution in [3.05, 3.63) is 59.9 Å². The van der Waals surface area contributed by atoms with Crippen LogP contribution in [-0.2, 0) is 25.6 Å². The van der Waals surface area contributed by atoms with E-state index < -0.39 is 12.4 Å². The lowest BCUT2D eigenvalue weighted by Gasteiger charge is -2.32. The van der Waals surface area contributed by atoms with E-state index in [2.05, 4.69) is 0 Å². The van der Waals surface area contributed by atoms with Crippen molar-refractivity contribution in [2.45, 2.75) is 19.3 Å². The van der Waals surface area contributed by atoms with Gasteiger partial charge in [0.15, 0.2) is 12.0 Å². The van der Waals surface area contributed by atoms with Gasteiger partial charge in [0.2, 0.25) is 5.91 Å². The normalized spacial score (nSPS) is 19.7. The van der Waals surface area contributed by atoms with E-state index in [0.29, 0.717) is 0 Å². The molecule has 1 fully saturated rings. The second-order valence-corrected chi connectivity index (χ2v) is 4.65. The molecule has 7 nitrogen and oxygen atoms in total. The standard InChI is InChI=1S/C15H13NO6/c17-7-6-11-14(16-12(18)8-13(16)21-11)22-15(19)20-9-10-4-2-1-3-5-10/h1-7,13,17H,8-9H2/t13-/m1/s1. The van der Waals surface area contributed by atoms with Crippen LogP contribution in [0.3, 0.4) is 0 Å². The number of aliphatic hydroxyl groups excluding tert-OH is 1. The van der Waals surface area contributed by atoms with Gasteiger partial charge in [0.25, 0.3) is 5.88 Å². The van der Waals surface area contributed by atoms with Crippen LogP contribution in [0.15, 0.2) is 54.3 Å². The average Bonchev–Trinajstić information content (AvgIpc) is 2.78. The number of ether oxygens (including phenoxy) is 3. The molecule has 1 aromatic carbocycles. The van der Waals surface area contributed by atoms with Crippen LogP contribution < -0.4 is 0 Å². The first-order valence-electron chi connectivity index (χ1n) is 6.61. The molecule has 7 heteroatoms. The summed E-state index contributed by atoms with van der Waals surface area (Å²) in [5.74, 6) is -0.183. The summed E-state index contributed by atoms with van der Waals surface area (Å²) in [7, 11) is 0. The maximum atomic E-state index is 11.7. The van der Waals surface area contributed by atoms with E-state index in [-0.39, 0.29) is 30.6 Å². The summed E-state index contributed by atoms with van der Waals surface area (Å²) >= 11 is 0. The van der Waals surface area contributed by atoms with Crippen LogP contribution in [0.25, 0.3) is 0 Å². The van der Waals surface area contributed by atoms with Crippen LogP contribution in [-0.4, -0.2) is 28.3 Å². The van der Waals surface area contributed by atoms with E-state index in [4.69, 9.17) is 19.3 Å². The molecule has 0 unspecified atom stereocenters. The Labute approximate surface area is 126 Å². The van der Waals surface area contributed by atoms with Crippen LogP contribution >= 0.6 is 0 Å². The summed E-state index contributed by atoms with van der Waals surface area (Å²) in [5, 5.41) is 8.82. The smallest absolute Gasteiger partial charge is 0.515 e.